The van der Waals surface area contributed by atoms with Crippen LogP contribution in [-0.2, 0) is 11.3 Å². The molecule has 0 bridgehead atoms. The molecule has 0 aliphatic heterocycles. The molecule has 7 heteroatoms. The SMILES string of the molecule is COc1cccc2cc(C(=O)OCc3cc(-c4cccs4)on3)oc12. The number of para-hydroxylation sites is 1. The van der Waals surface area contributed by atoms with Gasteiger partial charge in [-0.1, -0.05) is 23.4 Å². The van der Waals surface area contributed by atoms with Crippen molar-refractivity contribution in [1.82, 2.24) is 5.16 Å². The molecule has 0 aliphatic rings. The summed E-state index contributed by atoms with van der Waals surface area (Å²) in [5.41, 5.74) is 1.05. The molecule has 0 unspecified atom stereocenters. The first-order valence-electron chi connectivity index (χ1n) is 7.48. The second kappa shape index (κ2) is 6.45. The lowest BCUT2D eigenvalue weighted by molar-refractivity contribution is 0.0430. The minimum absolute atomic E-state index is 0.00187. The lowest BCUT2D eigenvalue weighted by Crippen LogP contribution is -2.03. The lowest BCUT2D eigenvalue weighted by Gasteiger charge is -1.99. The highest BCUT2D eigenvalue weighted by Crippen LogP contribution is 2.29. The smallest absolute Gasteiger partial charge is 0.374 e. The first kappa shape index (κ1) is 15.5. The van der Waals surface area contributed by atoms with Crippen LogP contribution in [0, 0.1) is 0 Å². The van der Waals surface area contributed by atoms with Crippen molar-refractivity contribution in [3.8, 4) is 16.4 Å². The number of benzene rings is 1. The second-order valence-corrected chi connectivity index (χ2v) is 6.17. The number of hydrogen-bond acceptors (Lipinski definition) is 7. The molecule has 3 aromatic heterocycles. The molecule has 0 N–H and O–H groups in total. The predicted octanol–water partition coefficient (Wildman–Crippen LogP) is 4.51. The summed E-state index contributed by atoms with van der Waals surface area (Å²) >= 11 is 1.55. The molecule has 0 saturated heterocycles. The number of ether oxygens (including phenoxy) is 2. The van der Waals surface area contributed by atoms with E-state index in [-0.39, 0.29) is 12.4 Å². The minimum atomic E-state index is -0.570. The van der Waals surface area contributed by atoms with Gasteiger partial charge >= 0.3 is 5.97 Å². The number of aromatic nitrogens is 1. The van der Waals surface area contributed by atoms with Gasteiger partial charge < -0.3 is 18.4 Å². The van der Waals surface area contributed by atoms with Crippen LogP contribution in [0.15, 0.2) is 56.8 Å². The minimum Gasteiger partial charge on any atom is -0.493 e. The van der Waals surface area contributed by atoms with Crippen LogP contribution >= 0.6 is 11.3 Å². The topological polar surface area (TPSA) is 74.7 Å². The van der Waals surface area contributed by atoms with E-state index in [4.69, 9.17) is 18.4 Å². The maximum Gasteiger partial charge on any atom is 0.374 e. The van der Waals surface area contributed by atoms with Crippen molar-refractivity contribution in [2.24, 2.45) is 0 Å². The van der Waals surface area contributed by atoms with Gasteiger partial charge in [0.2, 0.25) is 5.76 Å². The molecule has 126 valence electrons. The van der Waals surface area contributed by atoms with Crippen LogP contribution in [-0.4, -0.2) is 18.2 Å². The molecule has 6 nitrogen and oxygen atoms in total. The zero-order valence-electron chi connectivity index (χ0n) is 13.2. The standard InChI is InChI=1S/C18H13NO5S/c1-21-13-5-2-4-11-8-15(23-17(11)13)18(20)22-10-12-9-14(24-19-12)16-6-3-7-25-16/h2-9H,10H2,1H3. The van der Waals surface area contributed by atoms with Gasteiger partial charge in [0.1, 0.15) is 12.3 Å². The van der Waals surface area contributed by atoms with Gasteiger partial charge in [0.25, 0.3) is 0 Å². The Balaban J connectivity index is 1.47. The number of furan rings is 1. The van der Waals surface area contributed by atoms with E-state index in [2.05, 4.69) is 5.16 Å². The molecule has 4 rings (SSSR count). The Bertz CT molecular complexity index is 1020. The third-order valence-corrected chi connectivity index (χ3v) is 4.49. The number of methoxy groups -OCH3 is 1. The molecule has 0 saturated carbocycles. The second-order valence-electron chi connectivity index (χ2n) is 5.23. The van der Waals surface area contributed by atoms with E-state index in [0.717, 1.165) is 10.3 Å². The van der Waals surface area contributed by atoms with Crippen LogP contribution in [0.5, 0.6) is 5.75 Å². The third-order valence-electron chi connectivity index (χ3n) is 3.60. The summed E-state index contributed by atoms with van der Waals surface area (Å²) in [5, 5.41) is 6.63. The summed E-state index contributed by atoms with van der Waals surface area (Å²) in [6.07, 6.45) is 0. The number of carbonyl (C=O) groups excluding carboxylic acids is 1. The molecular weight excluding hydrogens is 342 g/mol. The van der Waals surface area contributed by atoms with Crippen molar-refractivity contribution in [2.45, 2.75) is 6.61 Å². The summed E-state index contributed by atoms with van der Waals surface area (Å²) < 4.78 is 21.3. The number of carbonyl (C=O) groups is 1. The normalized spacial score (nSPS) is 10.9. The van der Waals surface area contributed by atoms with Gasteiger partial charge in [0.15, 0.2) is 17.1 Å². The van der Waals surface area contributed by atoms with Crippen LogP contribution in [0.4, 0.5) is 0 Å². The molecule has 0 aliphatic carbocycles. The first-order chi connectivity index (χ1) is 12.2. The molecule has 3 heterocycles. The number of esters is 1. The molecule has 0 amide bonds. The quantitative estimate of drug-likeness (QED) is 0.490. The lowest BCUT2D eigenvalue weighted by atomic mass is 10.2. The van der Waals surface area contributed by atoms with Crippen LogP contribution in [0.1, 0.15) is 16.2 Å². The maximum atomic E-state index is 12.2. The van der Waals surface area contributed by atoms with Crippen molar-refractivity contribution in [1.29, 1.82) is 0 Å². The monoisotopic (exact) mass is 355 g/mol. The van der Waals surface area contributed by atoms with Crippen LogP contribution < -0.4 is 4.74 Å². The molecule has 25 heavy (non-hydrogen) atoms. The number of rotatable bonds is 5. The van der Waals surface area contributed by atoms with Crippen molar-refractivity contribution in [2.75, 3.05) is 7.11 Å². The number of hydrogen-bond donors (Lipinski definition) is 0. The summed E-state index contributed by atoms with van der Waals surface area (Å²) in [6.45, 7) is 0.00187. The summed E-state index contributed by atoms with van der Waals surface area (Å²) in [6, 6.07) is 12.7. The summed E-state index contributed by atoms with van der Waals surface area (Å²) in [4.78, 5) is 13.2. The fourth-order valence-corrected chi connectivity index (χ4v) is 3.10. The predicted molar refractivity (Wildman–Crippen MR) is 91.7 cm³/mol. The van der Waals surface area contributed by atoms with E-state index >= 15 is 0 Å². The largest absolute Gasteiger partial charge is 0.493 e. The van der Waals surface area contributed by atoms with Gasteiger partial charge in [0.05, 0.1) is 12.0 Å². The van der Waals surface area contributed by atoms with Crippen LogP contribution in [0.3, 0.4) is 0 Å². The van der Waals surface area contributed by atoms with E-state index in [1.165, 1.54) is 0 Å². The van der Waals surface area contributed by atoms with Crippen molar-refractivity contribution in [3.05, 3.63) is 59.3 Å². The number of thiophene rings is 1. The number of nitrogens with zero attached hydrogens (tertiary/aromatic N) is 1. The fraction of sp³-hybridized carbons (Fsp3) is 0.111. The van der Waals surface area contributed by atoms with Crippen molar-refractivity contribution >= 4 is 28.3 Å². The zero-order chi connectivity index (χ0) is 17.2. The van der Waals surface area contributed by atoms with E-state index in [1.54, 1.807) is 36.6 Å². The first-order valence-corrected chi connectivity index (χ1v) is 8.35. The van der Waals surface area contributed by atoms with E-state index < -0.39 is 5.97 Å². The average Bonchev–Trinajstić information content (AvgIpc) is 3.38. The van der Waals surface area contributed by atoms with Crippen LogP contribution in [0.25, 0.3) is 21.6 Å². The third kappa shape index (κ3) is 3.01. The van der Waals surface area contributed by atoms with E-state index in [0.29, 0.717) is 22.8 Å². The Kier molecular flexibility index (Phi) is 3.99. The summed E-state index contributed by atoms with van der Waals surface area (Å²) in [7, 11) is 1.55. The Morgan fingerprint density at radius 1 is 1.24 bits per heavy atom. The highest BCUT2D eigenvalue weighted by atomic mass is 32.1. The van der Waals surface area contributed by atoms with Gasteiger partial charge in [-0.05, 0) is 23.6 Å². The molecule has 1 aromatic carbocycles. The van der Waals surface area contributed by atoms with E-state index in [1.807, 2.05) is 29.6 Å². The maximum absolute atomic E-state index is 12.2. The van der Waals surface area contributed by atoms with Crippen molar-refractivity contribution in [3.63, 3.8) is 0 Å². The van der Waals surface area contributed by atoms with Gasteiger partial charge in [-0.15, -0.1) is 11.3 Å². The van der Waals surface area contributed by atoms with Gasteiger partial charge in [-0.3, -0.25) is 0 Å². The molecule has 0 spiro atoms. The van der Waals surface area contributed by atoms with Crippen molar-refractivity contribution < 1.29 is 23.2 Å². The zero-order valence-corrected chi connectivity index (χ0v) is 14.0. The summed E-state index contributed by atoms with van der Waals surface area (Å²) in [5.74, 6) is 0.753. The molecule has 0 radical (unpaired) electrons. The van der Waals surface area contributed by atoms with Gasteiger partial charge in [-0.25, -0.2) is 4.79 Å². The van der Waals surface area contributed by atoms with Gasteiger partial charge in [0, 0.05) is 11.5 Å². The highest BCUT2D eigenvalue weighted by Gasteiger charge is 2.17. The van der Waals surface area contributed by atoms with E-state index in [9.17, 15) is 4.79 Å². The average molecular weight is 355 g/mol. The fourth-order valence-electron chi connectivity index (χ4n) is 2.42. The Morgan fingerprint density at radius 3 is 2.96 bits per heavy atom. The molecule has 0 fully saturated rings. The Hall–Kier alpha value is -3.06. The highest BCUT2D eigenvalue weighted by molar-refractivity contribution is 7.13. The Morgan fingerprint density at radius 2 is 2.16 bits per heavy atom. The Labute approximate surface area is 146 Å². The molecule has 4 aromatic rings. The molecule has 0 atom stereocenters. The molecular formula is C18H13NO5S. The number of fused-ring (bicyclic) bond motifs is 1. The van der Waals surface area contributed by atoms with Crippen LogP contribution in [0.2, 0.25) is 0 Å². The van der Waals surface area contributed by atoms with Gasteiger partial charge in [-0.2, -0.15) is 0 Å².